The lowest BCUT2D eigenvalue weighted by Crippen LogP contribution is -2.62. The molecule has 1 aromatic heterocycles. The Balaban J connectivity index is 1.76. The van der Waals surface area contributed by atoms with Crippen LogP contribution in [0.15, 0.2) is 47.6 Å². The number of alkyl halides is 3. The van der Waals surface area contributed by atoms with Gasteiger partial charge in [-0.15, -0.1) is 0 Å². The van der Waals surface area contributed by atoms with Gasteiger partial charge in [0.05, 0.1) is 18.8 Å². The molecule has 1 aromatic carbocycles. The van der Waals surface area contributed by atoms with Crippen molar-refractivity contribution in [2.75, 3.05) is 24.7 Å². The minimum Gasteiger partial charge on any atom is -0.378 e. The van der Waals surface area contributed by atoms with Crippen LogP contribution in [0.2, 0.25) is 0 Å². The third-order valence-corrected chi connectivity index (χ3v) is 5.37. The van der Waals surface area contributed by atoms with Gasteiger partial charge in [-0.05, 0) is 37.6 Å². The lowest BCUT2D eigenvalue weighted by molar-refractivity contribution is -0.138. The molecule has 0 spiro atoms. The molecule has 4 rings (SSSR count). The molecule has 0 amide bonds. The van der Waals surface area contributed by atoms with Gasteiger partial charge in [-0.1, -0.05) is 18.2 Å². The number of hydrogen-bond acceptors (Lipinski definition) is 5. The van der Waals surface area contributed by atoms with Gasteiger partial charge in [0.2, 0.25) is 0 Å². The minimum absolute atomic E-state index is 0.0507. The van der Waals surface area contributed by atoms with Gasteiger partial charge in [-0.3, -0.25) is 9.89 Å². The molecule has 2 aliphatic heterocycles. The van der Waals surface area contributed by atoms with Crippen LogP contribution in [0.3, 0.4) is 0 Å². The second kappa shape index (κ2) is 7.42. The summed E-state index contributed by atoms with van der Waals surface area (Å²) >= 11 is 0. The number of morpholine rings is 1. The molecule has 1 saturated heterocycles. The molecular weight excluding hydrogens is 381 g/mol. The monoisotopic (exact) mass is 404 g/mol. The van der Waals surface area contributed by atoms with E-state index in [0.717, 1.165) is 11.6 Å². The van der Waals surface area contributed by atoms with E-state index in [0.29, 0.717) is 25.6 Å². The molecule has 0 saturated carbocycles. The molecule has 3 heterocycles. The van der Waals surface area contributed by atoms with Gasteiger partial charge in [0.1, 0.15) is 5.82 Å². The van der Waals surface area contributed by atoms with Gasteiger partial charge in [0.15, 0.2) is 6.29 Å². The third-order valence-electron chi connectivity index (χ3n) is 5.37. The van der Waals surface area contributed by atoms with Crippen LogP contribution >= 0.6 is 0 Å². The van der Waals surface area contributed by atoms with E-state index in [2.05, 4.69) is 23.7 Å². The fourth-order valence-corrected chi connectivity index (χ4v) is 3.91. The summed E-state index contributed by atoms with van der Waals surface area (Å²) in [7, 11) is 0. The topological polar surface area (TPSA) is 41.0 Å². The lowest BCUT2D eigenvalue weighted by atomic mass is 10.0. The fraction of sp³-hybridized carbons (Fsp3) is 0.429. The predicted molar refractivity (Wildman–Crippen MR) is 105 cm³/mol. The van der Waals surface area contributed by atoms with E-state index in [1.165, 1.54) is 12.1 Å². The Labute approximate surface area is 167 Å². The molecule has 0 bridgehead atoms. The smallest absolute Gasteiger partial charge is 0.378 e. The summed E-state index contributed by atoms with van der Waals surface area (Å²) in [5.41, 5.74) is 0.0463. The molecule has 29 heavy (non-hydrogen) atoms. The Hall–Kier alpha value is -2.45. The van der Waals surface area contributed by atoms with Crippen LogP contribution in [0.25, 0.3) is 0 Å². The summed E-state index contributed by atoms with van der Waals surface area (Å²) in [6.07, 6.45) is -1.47. The average molecular weight is 404 g/mol. The molecule has 0 radical (unpaired) electrons. The molecule has 8 heteroatoms. The molecule has 5 nitrogen and oxygen atoms in total. The zero-order valence-corrected chi connectivity index (χ0v) is 16.4. The van der Waals surface area contributed by atoms with Gasteiger partial charge in [-0.25, -0.2) is 4.98 Å². The van der Waals surface area contributed by atoms with Crippen LogP contribution in [0.4, 0.5) is 19.0 Å². The molecule has 2 aromatic rings. The Kier molecular flexibility index (Phi) is 5.08. The van der Waals surface area contributed by atoms with Crippen LogP contribution in [-0.2, 0) is 17.5 Å². The second-order valence-electron chi connectivity index (χ2n) is 7.88. The number of fused-ring (bicyclic) bond motifs is 1. The SMILES string of the molecule is CC1(C)COCCN1C1N=Cc2cccnc2N1Cc1ccccc1C(F)(F)F. The molecule has 1 atom stereocenters. The lowest BCUT2D eigenvalue weighted by Gasteiger charge is -2.49. The zero-order chi connectivity index (χ0) is 20.6. The predicted octanol–water partition coefficient (Wildman–Crippen LogP) is 3.93. The third kappa shape index (κ3) is 3.86. The Morgan fingerprint density at radius 1 is 1.17 bits per heavy atom. The number of anilines is 1. The summed E-state index contributed by atoms with van der Waals surface area (Å²) in [4.78, 5) is 13.2. The van der Waals surface area contributed by atoms with Gasteiger partial charge in [0.25, 0.3) is 0 Å². The summed E-state index contributed by atoms with van der Waals surface area (Å²) in [5.74, 6) is 0.631. The number of nitrogens with zero attached hydrogens (tertiary/aromatic N) is 4. The number of rotatable bonds is 3. The number of pyridine rings is 1. The first-order valence-electron chi connectivity index (χ1n) is 9.52. The van der Waals surface area contributed by atoms with Crippen molar-refractivity contribution >= 4 is 12.0 Å². The summed E-state index contributed by atoms with van der Waals surface area (Å²) < 4.78 is 46.4. The van der Waals surface area contributed by atoms with E-state index in [1.807, 2.05) is 11.0 Å². The molecule has 154 valence electrons. The summed E-state index contributed by atoms with van der Waals surface area (Å²) in [6.45, 7) is 5.87. The Bertz CT molecular complexity index is 913. The zero-order valence-electron chi connectivity index (χ0n) is 16.4. The second-order valence-corrected chi connectivity index (χ2v) is 7.88. The van der Waals surface area contributed by atoms with Gasteiger partial charge in [-0.2, -0.15) is 13.2 Å². The quantitative estimate of drug-likeness (QED) is 0.777. The van der Waals surface area contributed by atoms with Crippen molar-refractivity contribution < 1.29 is 17.9 Å². The normalized spacial score (nSPS) is 21.8. The van der Waals surface area contributed by atoms with Gasteiger partial charge < -0.3 is 9.64 Å². The highest BCUT2D eigenvalue weighted by Gasteiger charge is 2.41. The maximum absolute atomic E-state index is 13.6. The Morgan fingerprint density at radius 2 is 1.97 bits per heavy atom. The maximum atomic E-state index is 13.6. The molecule has 0 aliphatic carbocycles. The molecular formula is C21H23F3N4O. The molecule has 1 fully saturated rings. The van der Waals surface area contributed by atoms with E-state index in [9.17, 15) is 13.2 Å². The number of aromatic nitrogens is 1. The van der Waals surface area contributed by atoms with E-state index in [4.69, 9.17) is 9.73 Å². The van der Waals surface area contributed by atoms with Crippen molar-refractivity contribution in [1.82, 2.24) is 9.88 Å². The highest BCUT2D eigenvalue weighted by atomic mass is 19.4. The summed E-state index contributed by atoms with van der Waals surface area (Å²) in [6, 6.07) is 9.35. The van der Waals surface area contributed by atoms with Crippen molar-refractivity contribution in [2.45, 2.75) is 38.4 Å². The first-order chi connectivity index (χ1) is 13.8. The van der Waals surface area contributed by atoms with E-state index >= 15 is 0 Å². The standard InChI is InChI=1S/C21H23F3N4O/c1-20(2)14-29-11-10-28(20)19-26-12-15-7-5-9-25-18(15)27(19)13-16-6-3-4-8-17(16)21(22,23)24/h3-9,12,19H,10-11,13-14H2,1-2H3. The van der Waals surface area contributed by atoms with Crippen LogP contribution in [-0.4, -0.2) is 47.7 Å². The van der Waals surface area contributed by atoms with E-state index < -0.39 is 18.0 Å². The van der Waals surface area contributed by atoms with Crippen LogP contribution < -0.4 is 4.90 Å². The van der Waals surface area contributed by atoms with Gasteiger partial charge >= 0.3 is 6.18 Å². The summed E-state index contributed by atoms with van der Waals surface area (Å²) in [5, 5.41) is 0. The van der Waals surface area contributed by atoms with Crippen LogP contribution in [0, 0.1) is 0 Å². The molecule has 2 aliphatic rings. The van der Waals surface area contributed by atoms with Crippen LogP contribution in [0.1, 0.15) is 30.5 Å². The highest BCUT2D eigenvalue weighted by molar-refractivity contribution is 5.88. The van der Waals surface area contributed by atoms with Crippen molar-refractivity contribution in [3.8, 4) is 0 Å². The van der Waals surface area contributed by atoms with Gasteiger partial charge in [0, 0.05) is 36.6 Å². The van der Waals surface area contributed by atoms with Crippen molar-refractivity contribution in [3.05, 3.63) is 59.3 Å². The highest BCUT2D eigenvalue weighted by Crippen LogP contribution is 2.36. The number of benzene rings is 1. The van der Waals surface area contributed by atoms with Crippen molar-refractivity contribution in [2.24, 2.45) is 4.99 Å². The number of aliphatic imine (C=N–C) groups is 1. The van der Waals surface area contributed by atoms with E-state index in [-0.39, 0.29) is 17.6 Å². The first-order valence-corrected chi connectivity index (χ1v) is 9.52. The number of ether oxygens (including phenoxy) is 1. The minimum atomic E-state index is -4.42. The van der Waals surface area contributed by atoms with Crippen molar-refractivity contribution in [1.29, 1.82) is 0 Å². The maximum Gasteiger partial charge on any atom is 0.416 e. The molecule has 1 unspecified atom stereocenters. The van der Waals surface area contributed by atoms with Crippen LogP contribution in [0.5, 0.6) is 0 Å². The number of halogens is 3. The Morgan fingerprint density at radius 3 is 2.72 bits per heavy atom. The largest absolute Gasteiger partial charge is 0.416 e. The first kappa shape index (κ1) is 19.8. The van der Waals surface area contributed by atoms with Crippen molar-refractivity contribution in [3.63, 3.8) is 0 Å². The average Bonchev–Trinajstić information content (AvgIpc) is 2.68. The molecule has 0 N–H and O–H groups in total. The number of hydrogen-bond donors (Lipinski definition) is 0. The van der Waals surface area contributed by atoms with E-state index in [1.54, 1.807) is 24.5 Å². The fourth-order valence-electron chi connectivity index (χ4n) is 3.91.